The summed E-state index contributed by atoms with van der Waals surface area (Å²) in [5.74, 6) is 3.41. The van der Waals surface area contributed by atoms with E-state index in [0.717, 1.165) is 17.8 Å². The molecule has 0 amide bonds. The van der Waals surface area contributed by atoms with Crippen molar-refractivity contribution >= 4 is 0 Å². The molecule has 0 aromatic heterocycles. The maximum absolute atomic E-state index is 2.37. The molecular formula is C14H26. The smallest absolute Gasteiger partial charge is 0.0381 e. The zero-order valence-electron chi connectivity index (χ0n) is 10.2. The highest BCUT2D eigenvalue weighted by atomic mass is 14.4. The highest BCUT2D eigenvalue weighted by molar-refractivity contribution is 4.90. The average molecular weight is 194 g/mol. The zero-order chi connectivity index (χ0) is 10.2. The van der Waals surface area contributed by atoms with Crippen LogP contribution in [0.3, 0.4) is 0 Å². The molecule has 0 N–H and O–H groups in total. The first-order valence-corrected chi connectivity index (χ1v) is 6.54. The second-order valence-corrected chi connectivity index (χ2v) is 6.89. The fourth-order valence-electron chi connectivity index (χ4n) is 3.37. The Morgan fingerprint density at radius 2 is 1.79 bits per heavy atom. The van der Waals surface area contributed by atoms with Gasteiger partial charge in [-0.1, -0.05) is 40.0 Å². The molecule has 0 nitrogen and oxygen atoms in total. The van der Waals surface area contributed by atoms with Crippen LogP contribution in [0.4, 0.5) is 0 Å². The van der Waals surface area contributed by atoms with E-state index >= 15 is 0 Å². The molecule has 14 heavy (non-hydrogen) atoms. The highest BCUT2D eigenvalue weighted by Gasteiger charge is 2.39. The quantitative estimate of drug-likeness (QED) is 0.614. The van der Waals surface area contributed by atoms with Crippen LogP contribution in [0.1, 0.15) is 65.7 Å². The van der Waals surface area contributed by atoms with Crippen molar-refractivity contribution in [2.24, 2.45) is 23.2 Å². The number of rotatable bonds is 3. The molecule has 0 heteroatoms. The lowest BCUT2D eigenvalue weighted by Crippen LogP contribution is -2.36. The maximum atomic E-state index is 2.37. The monoisotopic (exact) mass is 194 g/mol. The lowest BCUT2D eigenvalue weighted by Gasteiger charge is -2.47. The van der Waals surface area contributed by atoms with Crippen LogP contribution in [-0.2, 0) is 0 Å². The Hall–Kier alpha value is 0. The van der Waals surface area contributed by atoms with Gasteiger partial charge in [-0.15, -0.1) is 0 Å². The molecule has 3 aliphatic rings. The average Bonchev–Trinajstić information content (AvgIpc) is 2.00. The van der Waals surface area contributed by atoms with E-state index in [9.17, 15) is 0 Å². The fraction of sp³-hybridized carbons (Fsp3) is 1.00. The van der Waals surface area contributed by atoms with Crippen LogP contribution in [0.5, 0.6) is 0 Å². The van der Waals surface area contributed by atoms with E-state index in [1.807, 2.05) is 0 Å². The van der Waals surface area contributed by atoms with Crippen molar-refractivity contribution in [2.45, 2.75) is 65.7 Å². The second-order valence-electron chi connectivity index (χ2n) is 6.89. The summed E-state index contributed by atoms with van der Waals surface area (Å²) in [6.45, 7) is 7.10. The molecule has 0 spiro atoms. The minimum Gasteiger partial charge on any atom is -0.0602 e. The first kappa shape index (κ1) is 10.5. The molecule has 0 aliphatic heterocycles. The minimum atomic E-state index is 0.552. The molecule has 1 atom stereocenters. The molecule has 3 rings (SSSR count). The fourth-order valence-corrected chi connectivity index (χ4v) is 3.37. The van der Waals surface area contributed by atoms with Gasteiger partial charge < -0.3 is 0 Å². The van der Waals surface area contributed by atoms with E-state index in [2.05, 4.69) is 20.8 Å². The van der Waals surface area contributed by atoms with Gasteiger partial charge in [0.25, 0.3) is 0 Å². The first-order chi connectivity index (χ1) is 6.54. The van der Waals surface area contributed by atoms with Crippen LogP contribution in [0.25, 0.3) is 0 Å². The molecule has 3 aliphatic carbocycles. The molecule has 2 bridgehead atoms. The van der Waals surface area contributed by atoms with Gasteiger partial charge >= 0.3 is 0 Å². The topological polar surface area (TPSA) is 0 Å². The van der Waals surface area contributed by atoms with Crippen LogP contribution in [0.2, 0.25) is 0 Å². The lowest BCUT2D eigenvalue weighted by molar-refractivity contribution is 0.0426. The summed E-state index contributed by atoms with van der Waals surface area (Å²) < 4.78 is 0. The van der Waals surface area contributed by atoms with Gasteiger partial charge in [-0.25, -0.2) is 0 Å². The predicted molar refractivity (Wildman–Crippen MR) is 62.2 cm³/mol. The Balaban J connectivity index is 1.65. The van der Waals surface area contributed by atoms with Crippen molar-refractivity contribution in [1.29, 1.82) is 0 Å². The molecular weight excluding hydrogens is 168 g/mol. The normalized spacial score (nSPS) is 36.6. The van der Waals surface area contributed by atoms with Crippen molar-refractivity contribution in [3.63, 3.8) is 0 Å². The Kier molecular flexibility index (Phi) is 2.91. The van der Waals surface area contributed by atoms with E-state index in [1.54, 1.807) is 25.7 Å². The van der Waals surface area contributed by atoms with E-state index in [1.165, 1.54) is 19.3 Å². The van der Waals surface area contributed by atoms with Crippen molar-refractivity contribution in [3.05, 3.63) is 0 Å². The van der Waals surface area contributed by atoms with Gasteiger partial charge in [0.05, 0.1) is 0 Å². The van der Waals surface area contributed by atoms with Gasteiger partial charge in [0.1, 0.15) is 0 Å². The maximum Gasteiger partial charge on any atom is -0.0381 e. The van der Waals surface area contributed by atoms with E-state index < -0.39 is 0 Å². The molecule has 0 aromatic rings. The summed E-state index contributed by atoms with van der Waals surface area (Å²) in [6, 6.07) is 0. The van der Waals surface area contributed by atoms with Crippen molar-refractivity contribution < 1.29 is 0 Å². The number of hydrogen-bond acceptors (Lipinski definition) is 0. The Labute approximate surface area is 89.5 Å². The molecule has 0 radical (unpaired) electrons. The molecule has 82 valence electrons. The standard InChI is InChI=1S/C14H26/c1-14(2,3)8-4-5-12-7-6-11-9-13(12)10-11/h11-13H,4-10H2,1-3H3. The predicted octanol–water partition coefficient (Wildman–Crippen LogP) is 4.64. The van der Waals surface area contributed by atoms with Crippen molar-refractivity contribution in [1.82, 2.24) is 0 Å². The van der Waals surface area contributed by atoms with Crippen LogP contribution >= 0.6 is 0 Å². The molecule has 0 saturated heterocycles. The van der Waals surface area contributed by atoms with Crippen LogP contribution in [-0.4, -0.2) is 0 Å². The Morgan fingerprint density at radius 1 is 1.07 bits per heavy atom. The molecule has 3 saturated carbocycles. The van der Waals surface area contributed by atoms with Gasteiger partial charge in [0.2, 0.25) is 0 Å². The SMILES string of the molecule is CC(C)(C)CCCC1CCC2CC1C2. The zero-order valence-corrected chi connectivity index (χ0v) is 10.2. The third-order valence-electron chi connectivity index (χ3n) is 4.39. The molecule has 1 unspecified atom stereocenters. The second kappa shape index (κ2) is 3.87. The molecule has 3 fully saturated rings. The number of hydrogen-bond donors (Lipinski definition) is 0. The number of fused-ring (bicyclic) bond motifs is 2. The third kappa shape index (κ3) is 2.52. The van der Waals surface area contributed by atoms with E-state index in [-0.39, 0.29) is 0 Å². The lowest BCUT2D eigenvalue weighted by atomic mass is 9.59. The first-order valence-electron chi connectivity index (χ1n) is 6.54. The van der Waals surface area contributed by atoms with E-state index in [0.29, 0.717) is 5.41 Å². The summed E-state index contributed by atoms with van der Waals surface area (Å²) >= 11 is 0. The molecule has 0 heterocycles. The third-order valence-corrected chi connectivity index (χ3v) is 4.39. The Bertz CT molecular complexity index is 178. The summed E-state index contributed by atoms with van der Waals surface area (Å²) in [5.41, 5.74) is 0.552. The van der Waals surface area contributed by atoms with Crippen molar-refractivity contribution in [2.75, 3.05) is 0 Å². The van der Waals surface area contributed by atoms with Gasteiger partial charge in [-0.3, -0.25) is 0 Å². The van der Waals surface area contributed by atoms with Crippen LogP contribution in [0.15, 0.2) is 0 Å². The summed E-state index contributed by atoms with van der Waals surface area (Å²) in [5, 5.41) is 0. The summed E-state index contributed by atoms with van der Waals surface area (Å²) in [7, 11) is 0. The van der Waals surface area contributed by atoms with Gasteiger partial charge in [0.15, 0.2) is 0 Å². The van der Waals surface area contributed by atoms with Gasteiger partial charge in [0, 0.05) is 0 Å². The van der Waals surface area contributed by atoms with Crippen LogP contribution in [0, 0.1) is 23.2 Å². The Morgan fingerprint density at radius 3 is 2.29 bits per heavy atom. The minimum absolute atomic E-state index is 0.552. The van der Waals surface area contributed by atoms with Crippen molar-refractivity contribution in [3.8, 4) is 0 Å². The molecule has 0 aromatic carbocycles. The van der Waals surface area contributed by atoms with Gasteiger partial charge in [-0.05, 0) is 48.9 Å². The van der Waals surface area contributed by atoms with Crippen LogP contribution < -0.4 is 0 Å². The van der Waals surface area contributed by atoms with Gasteiger partial charge in [-0.2, -0.15) is 0 Å². The summed E-state index contributed by atoms with van der Waals surface area (Å²) in [4.78, 5) is 0. The largest absolute Gasteiger partial charge is 0.0602 e. The highest BCUT2D eigenvalue weighted by Crippen LogP contribution is 2.50. The van der Waals surface area contributed by atoms with E-state index in [4.69, 9.17) is 0 Å². The summed E-state index contributed by atoms with van der Waals surface area (Å²) in [6.07, 6.45) is 10.7.